The molecule has 0 heterocycles. The maximum Gasteiger partial charge on any atom is 0.128 e. The van der Waals surface area contributed by atoms with Crippen LogP contribution in [0, 0.1) is 13.8 Å². The topological polar surface area (TPSA) is 55.5 Å². The Bertz CT molecular complexity index is 436. The lowest BCUT2D eigenvalue weighted by Gasteiger charge is -2.16. The van der Waals surface area contributed by atoms with Crippen LogP contribution >= 0.6 is 0 Å². The van der Waals surface area contributed by atoms with Crippen LogP contribution < -0.4 is 10.5 Å². The molecule has 94 valence electrons. The normalized spacial score (nSPS) is 16.9. The molecule has 3 nitrogen and oxygen atoms in total. The van der Waals surface area contributed by atoms with Gasteiger partial charge in [-0.2, -0.15) is 0 Å². The van der Waals surface area contributed by atoms with Crippen LogP contribution in [-0.4, -0.2) is 17.8 Å². The summed E-state index contributed by atoms with van der Waals surface area (Å²) in [7, 11) is 1.65. The fraction of sp³-hybridized carbons (Fsp3) is 0.571. The third kappa shape index (κ3) is 2.39. The zero-order valence-corrected chi connectivity index (χ0v) is 10.8. The zero-order chi connectivity index (χ0) is 12.6. The van der Waals surface area contributed by atoms with E-state index in [1.54, 1.807) is 7.11 Å². The molecule has 1 aromatic rings. The van der Waals surface area contributed by atoms with E-state index in [0.29, 0.717) is 5.75 Å². The van der Waals surface area contributed by atoms with Crippen molar-refractivity contribution in [2.24, 2.45) is 5.73 Å². The molecule has 0 spiro atoms. The molecule has 3 N–H and O–H groups in total. The van der Waals surface area contributed by atoms with E-state index < -0.39 is 0 Å². The standard InChI is InChI=1S/C14H21NO2/c1-9-8-11(4-5-14(15)6-7-14)13(17-3)10(2)12(9)16/h8,16H,4-7,15H2,1-3H3. The van der Waals surface area contributed by atoms with Gasteiger partial charge in [-0.05, 0) is 56.7 Å². The lowest BCUT2D eigenvalue weighted by molar-refractivity contribution is 0.395. The highest BCUT2D eigenvalue weighted by Crippen LogP contribution is 2.39. The number of hydrogen-bond acceptors (Lipinski definition) is 3. The van der Waals surface area contributed by atoms with Crippen LogP contribution in [-0.2, 0) is 6.42 Å². The summed E-state index contributed by atoms with van der Waals surface area (Å²) < 4.78 is 5.40. The molecule has 1 aromatic carbocycles. The highest BCUT2D eigenvalue weighted by atomic mass is 16.5. The summed E-state index contributed by atoms with van der Waals surface area (Å²) in [6.45, 7) is 3.81. The van der Waals surface area contributed by atoms with Crippen molar-refractivity contribution in [3.63, 3.8) is 0 Å². The van der Waals surface area contributed by atoms with E-state index in [9.17, 15) is 5.11 Å². The van der Waals surface area contributed by atoms with Crippen molar-refractivity contribution >= 4 is 0 Å². The molecule has 0 saturated heterocycles. The number of nitrogens with two attached hydrogens (primary N) is 1. The third-order valence-corrected chi connectivity index (χ3v) is 3.74. The fourth-order valence-electron chi connectivity index (χ4n) is 2.30. The van der Waals surface area contributed by atoms with Crippen molar-refractivity contribution in [3.05, 3.63) is 22.8 Å². The number of phenols is 1. The first-order valence-corrected chi connectivity index (χ1v) is 6.12. The van der Waals surface area contributed by atoms with Crippen LogP contribution in [0.25, 0.3) is 0 Å². The van der Waals surface area contributed by atoms with Gasteiger partial charge in [-0.25, -0.2) is 0 Å². The van der Waals surface area contributed by atoms with Crippen molar-refractivity contribution < 1.29 is 9.84 Å². The Hall–Kier alpha value is -1.22. The summed E-state index contributed by atoms with van der Waals surface area (Å²) >= 11 is 0. The lowest BCUT2D eigenvalue weighted by atomic mass is 9.98. The second-order valence-electron chi connectivity index (χ2n) is 5.22. The quantitative estimate of drug-likeness (QED) is 0.842. The summed E-state index contributed by atoms with van der Waals surface area (Å²) in [5, 5.41) is 9.88. The largest absolute Gasteiger partial charge is 0.507 e. The SMILES string of the molecule is COc1c(CCC2(N)CC2)cc(C)c(O)c1C. The van der Waals surface area contributed by atoms with Gasteiger partial charge in [0.25, 0.3) is 0 Å². The van der Waals surface area contributed by atoms with Gasteiger partial charge < -0.3 is 15.6 Å². The summed E-state index contributed by atoms with van der Waals surface area (Å²) in [5.41, 5.74) is 9.04. The van der Waals surface area contributed by atoms with Gasteiger partial charge >= 0.3 is 0 Å². The number of phenolic OH excluding ortho intramolecular Hbond substituents is 1. The molecular formula is C14H21NO2. The molecule has 1 aliphatic rings. The molecule has 1 saturated carbocycles. The summed E-state index contributed by atoms with van der Waals surface area (Å²) in [6, 6.07) is 2.01. The van der Waals surface area contributed by atoms with Crippen molar-refractivity contribution in [3.8, 4) is 11.5 Å². The van der Waals surface area contributed by atoms with Crippen LogP contribution in [0.1, 0.15) is 36.0 Å². The van der Waals surface area contributed by atoms with Crippen LogP contribution in [0.5, 0.6) is 11.5 Å². The molecule has 0 radical (unpaired) electrons. The second-order valence-corrected chi connectivity index (χ2v) is 5.22. The second kappa shape index (κ2) is 4.22. The summed E-state index contributed by atoms with van der Waals surface area (Å²) in [6.07, 6.45) is 4.17. The fourth-order valence-corrected chi connectivity index (χ4v) is 2.30. The van der Waals surface area contributed by atoms with Crippen molar-refractivity contribution in [1.29, 1.82) is 0 Å². The average molecular weight is 235 g/mol. The van der Waals surface area contributed by atoms with Gasteiger partial charge in [-0.15, -0.1) is 0 Å². The van der Waals surface area contributed by atoms with Crippen LogP contribution in [0.15, 0.2) is 6.07 Å². The van der Waals surface area contributed by atoms with E-state index in [2.05, 4.69) is 0 Å². The Morgan fingerprint density at radius 1 is 1.41 bits per heavy atom. The molecule has 3 heteroatoms. The minimum atomic E-state index is 0.0602. The highest BCUT2D eigenvalue weighted by Gasteiger charge is 2.37. The number of ether oxygens (including phenoxy) is 1. The molecular weight excluding hydrogens is 214 g/mol. The summed E-state index contributed by atoms with van der Waals surface area (Å²) in [5.74, 6) is 1.14. The van der Waals surface area contributed by atoms with E-state index in [-0.39, 0.29) is 5.54 Å². The van der Waals surface area contributed by atoms with Crippen LogP contribution in [0.2, 0.25) is 0 Å². The van der Waals surface area contributed by atoms with E-state index in [4.69, 9.17) is 10.5 Å². The van der Waals surface area contributed by atoms with Crippen molar-refractivity contribution in [1.82, 2.24) is 0 Å². The number of hydrogen-bond donors (Lipinski definition) is 2. The molecule has 1 fully saturated rings. The first-order chi connectivity index (χ1) is 7.97. The Kier molecular flexibility index (Phi) is 3.04. The van der Waals surface area contributed by atoms with Gasteiger partial charge in [0.05, 0.1) is 7.11 Å². The van der Waals surface area contributed by atoms with E-state index >= 15 is 0 Å². The molecule has 0 unspecified atom stereocenters. The maximum absolute atomic E-state index is 9.88. The Balaban J connectivity index is 2.25. The van der Waals surface area contributed by atoms with Gasteiger partial charge in [-0.3, -0.25) is 0 Å². The first-order valence-electron chi connectivity index (χ1n) is 6.12. The molecule has 0 aliphatic heterocycles. The number of rotatable bonds is 4. The average Bonchev–Trinajstić information content (AvgIpc) is 3.02. The van der Waals surface area contributed by atoms with Crippen LogP contribution in [0.4, 0.5) is 0 Å². The van der Waals surface area contributed by atoms with Gasteiger partial charge in [0.1, 0.15) is 11.5 Å². The third-order valence-electron chi connectivity index (χ3n) is 3.74. The van der Waals surface area contributed by atoms with Gasteiger partial charge in [0.15, 0.2) is 0 Å². The number of aryl methyl sites for hydroxylation is 2. The predicted octanol–water partition coefficient (Wildman–Crippen LogP) is 2.44. The first kappa shape index (κ1) is 12.2. The van der Waals surface area contributed by atoms with Crippen molar-refractivity contribution in [2.75, 3.05) is 7.11 Å². The minimum absolute atomic E-state index is 0.0602. The zero-order valence-electron chi connectivity index (χ0n) is 10.8. The highest BCUT2D eigenvalue weighted by molar-refractivity contribution is 5.53. The predicted molar refractivity (Wildman–Crippen MR) is 68.6 cm³/mol. The monoisotopic (exact) mass is 235 g/mol. The molecule has 2 rings (SSSR count). The minimum Gasteiger partial charge on any atom is -0.507 e. The molecule has 0 aromatic heterocycles. The van der Waals surface area contributed by atoms with Gasteiger partial charge in [-0.1, -0.05) is 0 Å². The summed E-state index contributed by atoms with van der Waals surface area (Å²) in [4.78, 5) is 0. The van der Waals surface area contributed by atoms with Crippen molar-refractivity contribution in [2.45, 2.75) is 45.1 Å². The molecule has 0 amide bonds. The van der Waals surface area contributed by atoms with E-state index in [1.165, 1.54) is 0 Å². The van der Waals surface area contributed by atoms with Crippen LogP contribution in [0.3, 0.4) is 0 Å². The lowest BCUT2D eigenvalue weighted by Crippen LogP contribution is -2.22. The Labute approximate surface area is 103 Å². The van der Waals surface area contributed by atoms with Gasteiger partial charge in [0.2, 0.25) is 0 Å². The molecule has 1 aliphatic carbocycles. The van der Waals surface area contributed by atoms with E-state index in [1.807, 2.05) is 19.9 Å². The smallest absolute Gasteiger partial charge is 0.128 e. The Morgan fingerprint density at radius 3 is 2.59 bits per heavy atom. The molecule has 0 bridgehead atoms. The molecule has 17 heavy (non-hydrogen) atoms. The number of aromatic hydroxyl groups is 1. The molecule has 0 atom stereocenters. The maximum atomic E-state index is 9.88. The van der Waals surface area contributed by atoms with E-state index in [0.717, 1.165) is 48.1 Å². The number of methoxy groups -OCH3 is 1. The van der Waals surface area contributed by atoms with Gasteiger partial charge in [0, 0.05) is 11.1 Å². The Morgan fingerprint density at radius 2 is 2.06 bits per heavy atom. The number of benzene rings is 1.